The molecule has 2 aromatic heterocycles. The van der Waals surface area contributed by atoms with Crippen LogP contribution in [0.1, 0.15) is 12.5 Å². The Bertz CT molecular complexity index is 1880. The summed E-state index contributed by atoms with van der Waals surface area (Å²) in [6.07, 6.45) is 5.41. The van der Waals surface area contributed by atoms with Gasteiger partial charge in [0.2, 0.25) is 15.9 Å². The van der Waals surface area contributed by atoms with Crippen LogP contribution in [0.15, 0.2) is 96.3 Å². The Morgan fingerprint density at radius 3 is 2.57 bits per heavy atom. The Morgan fingerprint density at radius 2 is 1.86 bits per heavy atom. The maximum Gasteiger partial charge on any atom is 0.269 e. The number of nitro benzene ring substituents is 1. The molecule has 2 heterocycles. The summed E-state index contributed by atoms with van der Waals surface area (Å²) in [7, 11) is -4.11. The number of sulfonamides is 1. The van der Waals surface area contributed by atoms with Gasteiger partial charge in [0.25, 0.3) is 5.69 Å². The van der Waals surface area contributed by atoms with Crippen molar-refractivity contribution >= 4 is 60.5 Å². The quantitative estimate of drug-likeness (QED) is 0.152. The molecule has 0 aliphatic rings. The number of aromatic nitrogens is 2. The molecule has 1 atom stereocenters. The summed E-state index contributed by atoms with van der Waals surface area (Å²) in [5.74, 6) is -0.314. The number of nitrogens with zero attached hydrogens (tertiary/aromatic N) is 4. The highest BCUT2D eigenvalue weighted by atomic mass is 35.5. The number of carbonyl (C=O) groups is 1. The number of amides is 1. The fraction of sp³-hybridized carbons (Fsp3) is 0.138. The predicted molar refractivity (Wildman–Crippen MR) is 163 cm³/mol. The van der Waals surface area contributed by atoms with Crippen LogP contribution in [0, 0.1) is 10.1 Å². The molecule has 0 aliphatic carbocycles. The van der Waals surface area contributed by atoms with Crippen LogP contribution in [-0.4, -0.2) is 41.8 Å². The maximum atomic E-state index is 13.3. The zero-order valence-electron chi connectivity index (χ0n) is 22.2. The van der Waals surface area contributed by atoms with Gasteiger partial charge >= 0.3 is 0 Å². The van der Waals surface area contributed by atoms with Crippen LogP contribution in [0.4, 0.5) is 10.8 Å². The summed E-state index contributed by atoms with van der Waals surface area (Å²) in [6.45, 7) is 1.37. The van der Waals surface area contributed by atoms with Gasteiger partial charge in [-0.1, -0.05) is 47.2 Å². The Kier molecular flexibility index (Phi) is 8.59. The number of hydrogen-bond donors (Lipinski definition) is 1. The van der Waals surface area contributed by atoms with Crippen molar-refractivity contribution in [2.24, 2.45) is 0 Å². The van der Waals surface area contributed by atoms with E-state index in [1.807, 2.05) is 30.3 Å². The van der Waals surface area contributed by atoms with Gasteiger partial charge < -0.3 is 0 Å². The number of nitro groups is 1. The number of anilines is 1. The van der Waals surface area contributed by atoms with Gasteiger partial charge in [0.1, 0.15) is 0 Å². The van der Waals surface area contributed by atoms with E-state index in [1.54, 1.807) is 36.8 Å². The smallest absolute Gasteiger partial charge is 0.269 e. The van der Waals surface area contributed by atoms with Crippen molar-refractivity contribution in [2.75, 3.05) is 11.4 Å². The first-order chi connectivity index (χ1) is 20.1. The van der Waals surface area contributed by atoms with Crippen molar-refractivity contribution < 1.29 is 18.1 Å². The number of benzene rings is 3. The lowest BCUT2D eigenvalue weighted by atomic mass is 10.1. The van der Waals surface area contributed by atoms with E-state index in [0.717, 1.165) is 38.9 Å². The summed E-state index contributed by atoms with van der Waals surface area (Å²) < 4.78 is 29.4. The molecule has 0 radical (unpaired) electrons. The topological polar surface area (TPSA) is 135 Å². The van der Waals surface area contributed by atoms with Gasteiger partial charge in [0.15, 0.2) is 5.13 Å². The monoisotopic (exact) mass is 621 g/mol. The summed E-state index contributed by atoms with van der Waals surface area (Å²) in [5, 5.41) is 13.9. The first kappa shape index (κ1) is 29.3. The largest absolute Gasteiger partial charge is 0.287 e. The number of hydrogen-bond acceptors (Lipinski definition) is 8. The molecule has 0 saturated heterocycles. The van der Waals surface area contributed by atoms with Gasteiger partial charge in [-0.15, -0.1) is 0 Å². The van der Waals surface area contributed by atoms with Crippen LogP contribution in [0.2, 0.25) is 5.02 Å². The van der Waals surface area contributed by atoms with Crippen LogP contribution < -0.4 is 9.62 Å². The van der Waals surface area contributed by atoms with Crippen molar-refractivity contribution in [3.8, 4) is 10.4 Å². The molecule has 13 heteroatoms. The second-order valence-electron chi connectivity index (χ2n) is 9.48. The van der Waals surface area contributed by atoms with Crippen molar-refractivity contribution in [1.29, 1.82) is 0 Å². The fourth-order valence-electron chi connectivity index (χ4n) is 4.45. The summed E-state index contributed by atoms with van der Waals surface area (Å²) in [5.41, 5.74) is 1.46. The van der Waals surface area contributed by atoms with E-state index in [-0.39, 0.29) is 29.5 Å². The van der Waals surface area contributed by atoms with E-state index < -0.39 is 21.0 Å². The summed E-state index contributed by atoms with van der Waals surface area (Å²) in [4.78, 5) is 34.1. The van der Waals surface area contributed by atoms with Gasteiger partial charge in [0, 0.05) is 60.6 Å². The second kappa shape index (κ2) is 12.3. The molecule has 5 rings (SSSR count). The maximum absolute atomic E-state index is 13.3. The van der Waals surface area contributed by atoms with Gasteiger partial charge in [0.05, 0.1) is 14.7 Å². The molecule has 0 spiro atoms. The number of carbonyl (C=O) groups excluding carboxylic acids is 1. The Labute approximate surface area is 250 Å². The van der Waals surface area contributed by atoms with Gasteiger partial charge in [-0.25, -0.2) is 18.1 Å². The SMILES string of the molecule is CC(=O)N(C[C@@H](Cc1cccc(Cl)c1)NS(=O)(=O)c1ccc([N+](=O)[O-])cc1)c1ncc(-c2ccc3cnccc3c2)s1. The lowest BCUT2D eigenvalue weighted by Gasteiger charge is -2.26. The molecule has 10 nitrogen and oxygen atoms in total. The summed E-state index contributed by atoms with van der Waals surface area (Å²) in [6, 6.07) is 18.7. The highest BCUT2D eigenvalue weighted by molar-refractivity contribution is 7.89. The van der Waals surface area contributed by atoms with Crippen LogP contribution in [0.25, 0.3) is 21.2 Å². The predicted octanol–water partition coefficient (Wildman–Crippen LogP) is 5.86. The molecule has 3 aromatic carbocycles. The number of nitrogens with one attached hydrogen (secondary N) is 1. The van der Waals surface area contributed by atoms with E-state index in [4.69, 9.17) is 11.6 Å². The molecular weight excluding hydrogens is 598 g/mol. The number of rotatable bonds is 10. The number of non-ortho nitro benzene ring substituents is 1. The molecule has 42 heavy (non-hydrogen) atoms. The third-order valence-electron chi connectivity index (χ3n) is 6.48. The standard InChI is InChI=1S/C29H24ClN5O5S2/c1-19(36)34(29-32-17-28(41-29)22-5-6-23-16-31-12-11-21(23)15-22)18-25(14-20-3-2-4-24(30)13-20)33-42(39,40)27-9-7-26(8-10-27)35(37)38/h2-13,15-17,25,33H,14,18H2,1H3/t25-/m1/s1. The molecule has 0 fully saturated rings. The molecule has 0 saturated carbocycles. The Hall–Kier alpha value is -4.23. The van der Waals surface area contributed by atoms with Crippen LogP contribution in [-0.2, 0) is 21.2 Å². The summed E-state index contributed by atoms with van der Waals surface area (Å²) >= 11 is 7.49. The van der Waals surface area contributed by atoms with Crippen LogP contribution >= 0.6 is 22.9 Å². The molecule has 1 N–H and O–H groups in total. The van der Waals surface area contributed by atoms with Crippen molar-refractivity contribution in [2.45, 2.75) is 24.3 Å². The minimum atomic E-state index is -4.11. The van der Waals surface area contributed by atoms with E-state index >= 15 is 0 Å². The van der Waals surface area contributed by atoms with Crippen molar-refractivity contribution in [1.82, 2.24) is 14.7 Å². The first-order valence-electron chi connectivity index (χ1n) is 12.7. The molecule has 1 amide bonds. The number of pyridine rings is 1. The molecule has 0 bridgehead atoms. The highest BCUT2D eigenvalue weighted by Crippen LogP contribution is 2.33. The van der Waals surface area contributed by atoms with Gasteiger partial charge in [-0.05, 0) is 59.3 Å². The van der Waals surface area contributed by atoms with Crippen molar-refractivity contribution in [3.63, 3.8) is 0 Å². The van der Waals surface area contributed by atoms with Crippen LogP contribution in [0.3, 0.4) is 0 Å². The zero-order valence-corrected chi connectivity index (χ0v) is 24.6. The lowest BCUT2D eigenvalue weighted by Crippen LogP contribution is -2.46. The van der Waals surface area contributed by atoms with Gasteiger partial charge in [-0.2, -0.15) is 0 Å². The minimum absolute atomic E-state index is 0.0234. The van der Waals surface area contributed by atoms with E-state index in [9.17, 15) is 23.3 Å². The average molecular weight is 622 g/mol. The van der Waals surface area contributed by atoms with Crippen LogP contribution in [0.5, 0.6) is 0 Å². The minimum Gasteiger partial charge on any atom is -0.287 e. The average Bonchev–Trinajstić information content (AvgIpc) is 3.45. The number of halogens is 1. The lowest BCUT2D eigenvalue weighted by molar-refractivity contribution is -0.384. The van der Waals surface area contributed by atoms with E-state index in [1.165, 1.54) is 35.3 Å². The molecule has 0 aliphatic heterocycles. The normalized spacial score (nSPS) is 12.2. The molecule has 0 unspecified atom stereocenters. The fourth-order valence-corrected chi connectivity index (χ4v) is 6.85. The molecular formula is C29H24ClN5O5S2. The Balaban J connectivity index is 1.44. The van der Waals surface area contributed by atoms with E-state index in [0.29, 0.717) is 10.2 Å². The Morgan fingerprint density at radius 1 is 1.07 bits per heavy atom. The second-order valence-corrected chi connectivity index (χ2v) is 12.6. The highest BCUT2D eigenvalue weighted by Gasteiger charge is 2.26. The van der Waals surface area contributed by atoms with Gasteiger partial charge in [-0.3, -0.25) is 24.8 Å². The first-order valence-corrected chi connectivity index (χ1v) is 15.4. The number of fused-ring (bicyclic) bond motifs is 1. The molecule has 5 aromatic rings. The number of thiazole rings is 1. The van der Waals surface area contributed by atoms with E-state index in [2.05, 4.69) is 14.7 Å². The van der Waals surface area contributed by atoms with Crippen molar-refractivity contribution in [3.05, 3.63) is 112 Å². The third kappa shape index (κ3) is 6.80. The zero-order chi connectivity index (χ0) is 29.9. The third-order valence-corrected chi connectivity index (χ3v) is 9.32. The molecule has 214 valence electrons.